The summed E-state index contributed by atoms with van der Waals surface area (Å²) in [4.78, 5) is 10.6. The minimum atomic E-state index is -0.213. The second-order valence-electron chi connectivity index (χ2n) is 5.25. The van der Waals surface area contributed by atoms with Crippen molar-refractivity contribution in [3.8, 4) is 0 Å². The zero-order valence-electron chi connectivity index (χ0n) is 12.3. The number of rotatable bonds is 7. The zero-order valence-corrected chi connectivity index (χ0v) is 12.3. The van der Waals surface area contributed by atoms with E-state index in [1.165, 1.54) is 22.2 Å². The molecule has 0 aliphatic heterocycles. The molecular weight excluding hydrogens is 250 g/mol. The van der Waals surface area contributed by atoms with E-state index < -0.39 is 0 Å². The van der Waals surface area contributed by atoms with Crippen LogP contribution in [0.15, 0.2) is 24.3 Å². The van der Waals surface area contributed by atoms with Crippen molar-refractivity contribution in [2.75, 3.05) is 6.54 Å². The molecule has 0 atom stereocenters. The molecule has 0 unspecified atom stereocenters. The van der Waals surface area contributed by atoms with Gasteiger partial charge in [0.2, 0.25) is 5.91 Å². The van der Waals surface area contributed by atoms with Gasteiger partial charge in [0.05, 0.1) is 0 Å². The summed E-state index contributed by atoms with van der Waals surface area (Å²) >= 11 is 0. The second kappa shape index (κ2) is 6.57. The average molecular weight is 273 g/mol. The third-order valence-electron chi connectivity index (χ3n) is 3.83. The minimum Gasteiger partial charge on any atom is -0.370 e. The fraction of sp³-hybridized carbons (Fsp3) is 0.438. The topological polar surface area (TPSA) is 60.0 Å². The largest absolute Gasteiger partial charge is 0.370 e. The van der Waals surface area contributed by atoms with Crippen molar-refractivity contribution < 1.29 is 4.79 Å². The number of aryl methyl sites for hydroxylation is 2. The van der Waals surface area contributed by atoms with E-state index >= 15 is 0 Å². The molecule has 1 aromatic carbocycles. The molecule has 20 heavy (non-hydrogen) atoms. The van der Waals surface area contributed by atoms with Gasteiger partial charge in [-0.15, -0.1) is 0 Å². The fourth-order valence-electron chi connectivity index (χ4n) is 2.64. The molecule has 0 aliphatic rings. The number of nitrogens with one attached hydrogen (secondary N) is 1. The Labute approximate surface area is 120 Å². The summed E-state index contributed by atoms with van der Waals surface area (Å²) < 4.78 is 2.25. The highest BCUT2D eigenvalue weighted by Gasteiger charge is 2.10. The van der Waals surface area contributed by atoms with Gasteiger partial charge in [0.1, 0.15) is 0 Å². The Hall–Kier alpha value is -1.81. The van der Waals surface area contributed by atoms with Crippen molar-refractivity contribution in [2.45, 2.75) is 32.7 Å². The molecule has 2 aromatic rings. The molecule has 4 nitrogen and oxygen atoms in total. The third kappa shape index (κ3) is 3.20. The number of nitrogens with zero attached hydrogens (tertiary/aromatic N) is 1. The molecule has 2 rings (SSSR count). The molecule has 0 bridgehead atoms. The van der Waals surface area contributed by atoms with Crippen molar-refractivity contribution >= 4 is 16.8 Å². The molecular formula is C16H23N3O. The number of hydrogen-bond acceptors (Lipinski definition) is 2. The lowest BCUT2D eigenvalue weighted by molar-refractivity contribution is -0.118. The van der Waals surface area contributed by atoms with Gasteiger partial charge in [-0.1, -0.05) is 18.2 Å². The van der Waals surface area contributed by atoms with Crippen LogP contribution in [0.3, 0.4) is 0 Å². The van der Waals surface area contributed by atoms with Crippen molar-refractivity contribution in [3.05, 3.63) is 35.5 Å². The van der Waals surface area contributed by atoms with Gasteiger partial charge in [-0.25, -0.2) is 0 Å². The smallest absolute Gasteiger partial charge is 0.217 e. The molecule has 0 aliphatic carbocycles. The van der Waals surface area contributed by atoms with Crippen LogP contribution in [0.2, 0.25) is 0 Å². The first-order chi connectivity index (χ1) is 9.61. The van der Waals surface area contributed by atoms with E-state index in [9.17, 15) is 4.79 Å². The summed E-state index contributed by atoms with van der Waals surface area (Å²) in [5.74, 6) is -0.213. The minimum absolute atomic E-state index is 0.213. The van der Waals surface area contributed by atoms with Crippen LogP contribution in [-0.2, 0) is 18.4 Å². The number of fused-ring (bicyclic) bond motifs is 1. The summed E-state index contributed by atoms with van der Waals surface area (Å²) in [5, 5.41) is 4.77. The Bertz CT molecular complexity index is 562. The van der Waals surface area contributed by atoms with E-state index in [1.54, 1.807) is 0 Å². The highest BCUT2D eigenvalue weighted by Crippen LogP contribution is 2.24. The number of amides is 1. The predicted molar refractivity (Wildman–Crippen MR) is 82.4 cm³/mol. The Kier molecular flexibility index (Phi) is 4.79. The molecule has 0 saturated carbocycles. The average Bonchev–Trinajstić information content (AvgIpc) is 2.67. The summed E-state index contributed by atoms with van der Waals surface area (Å²) in [6, 6.07) is 8.47. The van der Waals surface area contributed by atoms with Gasteiger partial charge in [-0.05, 0) is 37.9 Å². The lowest BCUT2D eigenvalue weighted by Gasteiger charge is -2.07. The molecule has 1 amide bonds. The van der Waals surface area contributed by atoms with Crippen LogP contribution in [-0.4, -0.2) is 17.0 Å². The van der Waals surface area contributed by atoms with Crippen LogP contribution in [0, 0.1) is 6.92 Å². The third-order valence-corrected chi connectivity index (χ3v) is 3.83. The number of benzene rings is 1. The Morgan fingerprint density at radius 3 is 2.75 bits per heavy atom. The van der Waals surface area contributed by atoms with Gasteiger partial charge in [-0.2, -0.15) is 0 Å². The van der Waals surface area contributed by atoms with Gasteiger partial charge in [0, 0.05) is 36.6 Å². The maximum absolute atomic E-state index is 10.6. The molecule has 0 radical (unpaired) electrons. The van der Waals surface area contributed by atoms with E-state index in [1.807, 2.05) is 0 Å². The number of hydrogen-bond donors (Lipinski definition) is 2. The number of primary amides is 1. The summed E-state index contributed by atoms with van der Waals surface area (Å²) in [6.45, 7) is 3.94. The SMILES string of the molecule is Cc1c(CNCCCCC(N)=O)n(C)c2ccccc12. The first-order valence-corrected chi connectivity index (χ1v) is 7.13. The summed E-state index contributed by atoms with van der Waals surface area (Å²) in [6.07, 6.45) is 2.32. The summed E-state index contributed by atoms with van der Waals surface area (Å²) in [5.41, 5.74) is 9.05. The van der Waals surface area contributed by atoms with Crippen molar-refractivity contribution in [3.63, 3.8) is 0 Å². The van der Waals surface area contributed by atoms with Gasteiger partial charge in [-0.3, -0.25) is 4.79 Å². The molecule has 3 N–H and O–H groups in total. The molecule has 1 aromatic heterocycles. The molecule has 0 fully saturated rings. The maximum Gasteiger partial charge on any atom is 0.217 e. The highest BCUT2D eigenvalue weighted by atomic mass is 16.1. The Balaban J connectivity index is 1.92. The number of aromatic nitrogens is 1. The lowest BCUT2D eigenvalue weighted by atomic mass is 10.1. The highest BCUT2D eigenvalue weighted by molar-refractivity contribution is 5.85. The van der Waals surface area contributed by atoms with Crippen molar-refractivity contribution in [2.24, 2.45) is 12.8 Å². The van der Waals surface area contributed by atoms with E-state index in [2.05, 4.69) is 48.1 Å². The van der Waals surface area contributed by atoms with Crippen molar-refractivity contribution in [1.82, 2.24) is 9.88 Å². The van der Waals surface area contributed by atoms with Crippen LogP contribution in [0.4, 0.5) is 0 Å². The summed E-state index contributed by atoms with van der Waals surface area (Å²) in [7, 11) is 2.11. The number of unbranched alkanes of at least 4 members (excludes halogenated alkanes) is 1. The van der Waals surface area contributed by atoms with Gasteiger partial charge in [0.25, 0.3) is 0 Å². The molecule has 108 valence electrons. The zero-order chi connectivity index (χ0) is 14.5. The monoisotopic (exact) mass is 273 g/mol. The van der Waals surface area contributed by atoms with Gasteiger partial charge >= 0.3 is 0 Å². The molecule has 0 saturated heterocycles. The Morgan fingerprint density at radius 1 is 1.30 bits per heavy atom. The quantitative estimate of drug-likeness (QED) is 0.760. The van der Waals surface area contributed by atoms with Crippen LogP contribution < -0.4 is 11.1 Å². The second-order valence-corrected chi connectivity index (χ2v) is 5.25. The lowest BCUT2D eigenvalue weighted by Crippen LogP contribution is -2.18. The molecule has 0 spiro atoms. The normalized spacial score (nSPS) is 11.1. The van der Waals surface area contributed by atoms with E-state index in [4.69, 9.17) is 5.73 Å². The Morgan fingerprint density at radius 2 is 2.05 bits per heavy atom. The van der Waals surface area contributed by atoms with Crippen LogP contribution >= 0.6 is 0 Å². The fourth-order valence-corrected chi connectivity index (χ4v) is 2.64. The number of para-hydroxylation sites is 1. The standard InChI is InChI=1S/C16H23N3O/c1-12-13-7-3-4-8-14(13)19(2)15(12)11-18-10-6-5-9-16(17)20/h3-4,7-8,18H,5-6,9-11H2,1-2H3,(H2,17,20). The van der Waals surface area contributed by atoms with Crippen molar-refractivity contribution in [1.29, 1.82) is 0 Å². The number of carbonyl (C=O) groups is 1. The van der Waals surface area contributed by atoms with Crippen LogP contribution in [0.25, 0.3) is 10.9 Å². The van der Waals surface area contributed by atoms with Crippen LogP contribution in [0.1, 0.15) is 30.5 Å². The maximum atomic E-state index is 10.6. The first kappa shape index (κ1) is 14.6. The van der Waals surface area contributed by atoms with Gasteiger partial charge < -0.3 is 15.6 Å². The van der Waals surface area contributed by atoms with E-state index in [0.29, 0.717) is 6.42 Å². The first-order valence-electron chi connectivity index (χ1n) is 7.13. The number of carbonyl (C=O) groups excluding carboxylic acids is 1. The van der Waals surface area contributed by atoms with Crippen LogP contribution in [0.5, 0.6) is 0 Å². The van der Waals surface area contributed by atoms with E-state index in [-0.39, 0.29) is 5.91 Å². The number of nitrogens with two attached hydrogens (primary N) is 1. The molecule has 4 heteroatoms. The molecule has 1 heterocycles. The predicted octanol–water partition coefficient (Wildman–Crippen LogP) is 2.23. The van der Waals surface area contributed by atoms with E-state index in [0.717, 1.165) is 25.9 Å². The van der Waals surface area contributed by atoms with Gasteiger partial charge in [0.15, 0.2) is 0 Å².